The molecule has 6 nitrogen and oxygen atoms in total. The Balaban J connectivity index is 1.80. The first-order chi connectivity index (χ1) is 13.0. The summed E-state index contributed by atoms with van der Waals surface area (Å²) in [6.45, 7) is 6.46. The lowest BCUT2D eigenvalue weighted by Crippen LogP contribution is -2.37. The molecule has 2 rings (SSSR count). The molecular formula is C19H29FN6S. The number of rotatable bonds is 9. The monoisotopic (exact) mass is 392 g/mol. The standard InChI is InChI=1S/C19H29FN6S/c1-14(2)13-26-17(24-25-19(26)27-4)10-7-11-22-18(21-3)23-12-15-8-5-6-9-16(15)20/h5-6,8-9,14H,7,10-13H2,1-4H3,(H2,21,22,23). The predicted octanol–water partition coefficient (Wildman–Crippen LogP) is 3.09. The van der Waals surface area contributed by atoms with Crippen LogP contribution >= 0.6 is 11.8 Å². The van der Waals surface area contributed by atoms with Crippen LogP contribution < -0.4 is 10.6 Å². The summed E-state index contributed by atoms with van der Waals surface area (Å²) in [4.78, 5) is 4.19. The van der Waals surface area contributed by atoms with Crippen molar-refractivity contribution in [3.8, 4) is 0 Å². The third-order valence-electron chi connectivity index (χ3n) is 4.02. The zero-order valence-corrected chi connectivity index (χ0v) is 17.3. The third-order valence-corrected chi connectivity index (χ3v) is 4.69. The zero-order valence-electron chi connectivity index (χ0n) is 16.5. The minimum atomic E-state index is -0.213. The number of nitrogens with one attached hydrogen (secondary N) is 2. The number of thioether (sulfide) groups is 1. The molecule has 0 amide bonds. The van der Waals surface area contributed by atoms with Crippen molar-refractivity contribution in [2.45, 2.75) is 44.9 Å². The zero-order chi connectivity index (χ0) is 19.6. The average molecular weight is 393 g/mol. The van der Waals surface area contributed by atoms with Crippen LogP contribution in [-0.4, -0.2) is 40.6 Å². The lowest BCUT2D eigenvalue weighted by Gasteiger charge is -2.13. The maximum Gasteiger partial charge on any atom is 0.191 e. The van der Waals surface area contributed by atoms with Gasteiger partial charge in [0.2, 0.25) is 0 Å². The van der Waals surface area contributed by atoms with Gasteiger partial charge in [0, 0.05) is 38.7 Å². The van der Waals surface area contributed by atoms with E-state index in [2.05, 4.69) is 44.2 Å². The van der Waals surface area contributed by atoms with Crippen LogP contribution in [0.5, 0.6) is 0 Å². The van der Waals surface area contributed by atoms with E-state index in [1.807, 2.05) is 12.3 Å². The molecule has 2 N–H and O–H groups in total. The van der Waals surface area contributed by atoms with Crippen molar-refractivity contribution in [3.05, 3.63) is 41.5 Å². The fourth-order valence-electron chi connectivity index (χ4n) is 2.70. The number of guanidine groups is 1. The molecule has 27 heavy (non-hydrogen) atoms. The van der Waals surface area contributed by atoms with Crippen LogP contribution in [0.2, 0.25) is 0 Å². The van der Waals surface area contributed by atoms with E-state index < -0.39 is 0 Å². The summed E-state index contributed by atoms with van der Waals surface area (Å²) in [5.74, 6) is 2.01. The van der Waals surface area contributed by atoms with Gasteiger partial charge in [0.05, 0.1) is 0 Å². The Morgan fingerprint density at radius 1 is 1.26 bits per heavy atom. The Labute approximate surface area is 165 Å². The summed E-state index contributed by atoms with van der Waals surface area (Å²) in [7, 11) is 1.71. The summed E-state index contributed by atoms with van der Waals surface area (Å²) in [5, 5.41) is 16.0. The molecule has 0 atom stereocenters. The van der Waals surface area contributed by atoms with Gasteiger partial charge >= 0.3 is 0 Å². The number of hydrogen-bond acceptors (Lipinski definition) is 4. The lowest BCUT2D eigenvalue weighted by atomic mass is 10.2. The molecule has 0 aliphatic heterocycles. The number of aryl methyl sites for hydroxylation is 1. The van der Waals surface area contributed by atoms with E-state index in [0.29, 0.717) is 24.0 Å². The van der Waals surface area contributed by atoms with Crippen molar-refractivity contribution < 1.29 is 4.39 Å². The molecule has 0 bridgehead atoms. The molecule has 148 valence electrons. The average Bonchev–Trinajstić information content (AvgIpc) is 3.03. The van der Waals surface area contributed by atoms with Gasteiger partial charge in [-0.15, -0.1) is 10.2 Å². The highest BCUT2D eigenvalue weighted by molar-refractivity contribution is 7.98. The Morgan fingerprint density at radius 2 is 2.04 bits per heavy atom. The van der Waals surface area contributed by atoms with Crippen LogP contribution in [0.4, 0.5) is 4.39 Å². The largest absolute Gasteiger partial charge is 0.356 e. The van der Waals surface area contributed by atoms with Crippen molar-refractivity contribution in [3.63, 3.8) is 0 Å². The highest BCUT2D eigenvalue weighted by Crippen LogP contribution is 2.16. The fourth-order valence-corrected chi connectivity index (χ4v) is 3.22. The molecule has 0 saturated carbocycles. The Hall–Kier alpha value is -2.09. The van der Waals surface area contributed by atoms with Crippen molar-refractivity contribution in [2.24, 2.45) is 10.9 Å². The van der Waals surface area contributed by atoms with E-state index in [1.165, 1.54) is 6.07 Å². The van der Waals surface area contributed by atoms with Crippen LogP contribution in [0, 0.1) is 11.7 Å². The smallest absolute Gasteiger partial charge is 0.191 e. The minimum absolute atomic E-state index is 0.213. The normalized spacial score (nSPS) is 11.9. The number of aromatic nitrogens is 3. The van der Waals surface area contributed by atoms with Crippen LogP contribution in [0.1, 0.15) is 31.7 Å². The summed E-state index contributed by atoms with van der Waals surface area (Å²) in [6, 6.07) is 6.74. The topological polar surface area (TPSA) is 67.1 Å². The van der Waals surface area contributed by atoms with Crippen LogP contribution in [0.15, 0.2) is 34.4 Å². The maximum absolute atomic E-state index is 13.7. The quantitative estimate of drug-likeness (QED) is 0.297. The van der Waals surface area contributed by atoms with Gasteiger partial charge in [-0.3, -0.25) is 4.99 Å². The Bertz CT molecular complexity index is 744. The van der Waals surface area contributed by atoms with Crippen LogP contribution in [0.3, 0.4) is 0 Å². The molecule has 0 saturated heterocycles. The Morgan fingerprint density at radius 3 is 2.70 bits per heavy atom. The molecule has 0 aliphatic rings. The number of hydrogen-bond donors (Lipinski definition) is 2. The first-order valence-corrected chi connectivity index (χ1v) is 10.4. The van der Waals surface area contributed by atoms with Gasteiger partial charge in [-0.2, -0.15) is 0 Å². The van der Waals surface area contributed by atoms with E-state index >= 15 is 0 Å². The number of aliphatic imine (C=N–C) groups is 1. The van der Waals surface area contributed by atoms with Crippen molar-refractivity contribution in [2.75, 3.05) is 19.8 Å². The number of halogens is 1. The molecule has 0 fully saturated rings. The van der Waals surface area contributed by atoms with Crippen LogP contribution in [0.25, 0.3) is 0 Å². The molecule has 0 radical (unpaired) electrons. The molecule has 1 aromatic carbocycles. The second kappa shape index (κ2) is 10.9. The molecule has 8 heteroatoms. The van der Waals surface area contributed by atoms with Crippen LogP contribution in [-0.2, 0) is 19.5 Å². The highest BCUT2D eigenvalue weighted by atomic mass is 32.2. The summed E-state index contributed by atoms with van der Waals surface area (Å²) < 4.78 is 15.9. The van der Waals surface area contributed by atoms with E-state index in [1.54, 1.807) is 30.9 Å². The van der Waals surface area contributed by atoms with Crippen molar-refractivity contribution >= 4 is 17.7 Å². The second-order valence-corrected chi connectivity index (χ2v) is 7.43. The number of nitrogens with zero attached hydrogens (tertiary/aromatic N) is 4. The van der Waals surface area contributed by atoms with Gasteiger partial charge < -0.3 is 15.2 Å². The molecule has 1 heterocycles. The van der Waals surface area contributed by atoms with Gasteiger partial charge in [-0.1, -0.05) is 43.8 Å². The first kappa shape index (κ1) is 21.2. The fraction of sp³-hybridized carbons (Fsp3) is 0.526. The predicted molar refractivity (Wildman–Crippen MR) is 110 cm³/mol. The molecule has 0 aliphatic carbocycles. The van der Waals surface area contributed by atoms with Gasteiger partial charge in [0.25, 0.3) is 0 Å². The van der Waals surface area contributed by atoms with Gasteiger partial charge in [-0.25, -0.2) is 4.39 Å². The second-order valence-electron chi connectivity index (χ2n) is 6.65. The molecule has 0 unspecified atom stereocenters. The van der Waals surface area contributed by atoms with Crippen molar-refractivity contribution in [1.29, 1.82) is 0 Å². The van der Waals surface area contributed by atoms with Crippen molar-refractivity contribution in [1.82, 2.24) is 25.4 Å². The van der Waals surface area contributed by atoms with E-state index in [4.69, 9.17) is 0 Å². The first-order valence-electron chi connectivity index (χ1n) is 9.19. The van der Waals surface area contributed by atoms with E-state index in [9.17, 15) is 4.39 Å². The molecule has 1 aromatic heterocycles. The van der Waals surface area contributed by atoms with Gasteiger partial charge in [-0.05, 0) is 24.7 Å². The third kappa shape index (κ3) is 6.53. The SMILES string of the molecule is CN=C(NCCCc1nnc(SC)n1CC(C)C)NCc1ccccc1F. The molecule has 2 aromatic rings. The summed E-state index contributed by atoms with van der Waals surface area (Å²) in [5.41, 5.74) is 0.617. The maximum atomic E-state index is 13.7. The lowest BCUT2D eigenvalue weighted by molar-refractivity contribution is 0.477. The van der Waals surface area contributed by atoms with Gasteiger partial charge in [0.1, 0.15) is 11.6 Å². The minimum Gasteiger partial charge on any atom is -0.356 e. The summed E-state index contributed by atoms with van der Waals surface area (Å²) in [6.07, 6.45) is 3.78. The molecular weight excluding hydrogens is 363 g/mol. The summed E-state index contributed by atoms with van der Waals surface area (Å²) >= 11 is 1.63. The van der Waals surface area contributed by atoms with Gasteiger partial charge in [0.15, 0.2) is 11.1 Å². The highest BCUT2D eigenvalue weighted by Gasteiger charge is 2.12. The Kier molecular flexibility index (Phi) is 8.57. The molecule has 0 spiro atoms. The number of benzene rings is 1. The van der Waals surface area contributed by atoms with E-state index in [-0.39, 0.29) is 5.82 Å². The van der Waals surface area contributed by atoms with E-state index in [0.717, 1.165) is 36.9 Å².